The first-order valence-electron chi connectivity index (χ1n) is 12.5. The van der Waals surface area contributed by atoms with Crippen LogP contribution in [-0.4, -0.2) is 68.1 Å². The van der Waals surface area contributed by atoms with Crippen molar-refractivity contribution in [2.45, 2.75) is 69.0 Å². The summed E-state index contributed by atoms with van der Waals surface area (Å²) in [4.78, 5) is 44.2. The van der Waals surface area contributed by atoms with Crippen LogP contribution in [0.1, 0.15) is 44.2 Å². The van der Waals surface area contributed by atoms with Gasteiger partial charge in [0.2, 0.25) is 5.91 Å². The van der Waals surface area contributed by atoms with Gasteiger partial charge >= 0.3 is 5.97 Å². The molecule has 190 valence electrons. The van der Waals surface area contributed by atoms with Crippen molar-refractivity contribution >= 4 is 35.2 Å². The predicted molar refractivity (Wildman–Crippen MR) is 137 cm³/mol. The van der Waals surface area contributed by atoms with E-state index in [2.05, 4.69) is 6.58 Å². The van der Waals surface area contributed by atoms with Gasteiger partial charge in [-0.25, -0.2) is 0 Å². The lowest BCUT2D eigenvalue weighted by atomic mass is 9.71. The standard InChI is InChI=1S/C27H36N2O5S/c1-6-13-28(22-16(4)9-8-10-17(22)5)25(32)23-27-12-11-19(35-27)20(26(33)34)21(27)24(31)29(23)18(14-30)15(3)7-2/h6,8-10,15,18-21,23,30H,1,7,11-14H2,2-5H3,(H,33,34)/t15-,18-,19+,20-,21-,23?,27?/m0/s1. The molecular weight excluding hydrogens is 464 g/mol. The third-order valence-electron chi connectivity index (χ3n) is 8.39. The van der Waals surface area contributed by atoms with Gasteiger partial charge < -0.3 is 20.0 Å². The molecule has 8 heteroatoms. The van der Waals surface area contributed by atoms with Crippen LogP contribution in [0.5, 0.6) is 0 Å². The molecule has 0 aromatic heterocycles. The highest BCUT2D eigenvalue weighted by atomic mass is 32.2. The van der Waals surface area contributed by atoms with Gasteiger partial charge in [0.15, 0.2) is 0 Å². The van der Waals surface area contributed by atoms with Crippen LogP contribution in [0, 0.1) is 31.6 Å². The largest absolute Gasteiger partial charge is 0.481 e. The molecule has 1 aromatic rings. The molecular formula is C27H36N2O5S. The normalized spacial score (nSPS) is 30.8. The Kier molecular flexibility index (Phi) is 7.08. The van der Waals surface area contributed by atoms with Gasteiger partial charge in [-0.3, -0.25) is 14.4 Å². The van der Waals surface area contributed by atoms with E-state index in [0.29, 0.717) is 12.8 Å². The summed E-state index contributed by atoms with van der Waals surface area (Å²) in [5.74, 6) is -3.13. The molecule has 7 atom stereocenters. The number of likely N-dealkylation sites (tertiary alicyclic amines) is 1. The van der Waals surface area contributed by atoms with Crippen molar-refractivity contribution in [3.05, 3.63) is 42.0 Å². The van der Waals surface area contributed by atoms with Gasteiger partial charge in [-0.15, -0.1) is 18.3 Å². The number of amides is 2. The molecule has 0 saturated carbocycles. The molecule has 1 spiro atoms. The smallest absolute Gasteiger partial charge is 0.308 e. The third kappa shape index (κ3) is 3.80. The zero-order valence-corrected chi connectivity index (χ0v) is 21.8. The van der Waals surface area contributed by atoms with Crippen molar-refractivity contribution < 1.29 is 24.6 Å². The quantitative estimate of drug-likeness (QED) is 0.505. The van der Waals surface area contributed by atoms with E-state index < -0.39 is 34.6 Å². The maximum Gasteiger partial charge on any atom is 0.308 e. The number of carboxylic acid groups (broad SMARTS) is 1. The van der Waals surface area contributed by atoms with Crippen molar-refractivity contribution in [1.29, 1.82) is 0 Å². The fourth-order valence-corrected chi connectivity index (χ4v) is 8.82. The highest BCUT2D eigenvalue weighted by molar-refractivity contribution is 8.02. The van der Waals surface area contributed by atoms with Crippen LogP contribution < -0.4 is 4.90 Å². The van der Waals surface area contributed by atoms with Crippen molar-refractivity contribution in [1.82, 2.24) is 4.90 Å². The fourth-order valence-electron chi connectivity index (χ4n) is 6.62. The van der Waals surface area contributed by atoms with Crippen molar-refractivity contribution in [2.75, 3.05) is 18.1 Å². The molecule has 0 radical (unpaired) electrons. The van der Waals surface area contributed by atoms with E-state index in [1.807, 2.05) is 45.9 Å². The van der Waals surface area contributed by atoms with Gasteiger partial charge in [0.25, 0.3) is 5.91 Å². The molecule has 3 fully saturated rings. The molecule has 2 bridgehead atoms. The Bertz CT molecular complexity index is 1020. The zero-order chi connectivity index (χ0) is 25.7. The van der Waals surface area contributed by atoms with Crippen molar-refractivity contribution in [2.24, 2.45) is 17.8 Å². The minimum absolute atomic E-state index is 0.0481. The number of carbonyl (C=O) groups excluding carboxylic acids is 2. The first kappa shape index (κ1) is 25.8. The molecule has 3 saturated heterocycles. The number of rotatable bonds is 9. The SMILES string of the molecule is C=CCN(C(=O)C1N([C@@H](CO)[C@@H](C)CC)C(=O)[C@@H]2[C@@H](C(=O)O)[C@H]3CCC12S3)c1c(C)cccc1C. The topological polar surface area (TPSA) is 98.2 Å². The maximum absolute atomic E-state index is 14.6. The summed E-state index contributed by atoms with van der Waals surface area (Å²) in [7, 11) is 0. The zero-order valence-electron chi connectivity index (χ0n) is 20.9. The Labute approximate surface area is 211 Å². The van der Waals surface area contributed by atoms with Crippen LogP contribution >= 0.6 is 11.8 Å². The highest BCUT2D eigenvalue weighted by Gasteiger charge is 2.74. The number of hydrogen-bond donors (Lipinski definition) is 2. The number of aliphatic hydroxyl groups is 1. The van der Waals surface area contributed by atoms with Crippen LogP contribution in [0.2, 0.25) is 0 Å². The minimum Gasteiger partial charge on any atom is -0.481 e. The number of aryl methyl sites for hydroxylation is 2. The number of thioether (sulfide) groups is 1. The van der Waals surface area contributed by atoms with Gasteiger partial charge in [-0.2, -0.15) is 0 Å². The lowest BCUT2D eigenvalue weighted by molar-refractivity contribution is -0.149. The van der Waals surface area contributed by atoms with E-state index >= 15 is 0 Å². The summed E-state index contributed by atoms with van der Waals surface area (Å²) in [6.07, 6.45) is 3.68. The molecule has 2 unspecified atom stereocenters. The molecule has 3 aliphatic rings. The number of aliphatic hydroxyl groups excluding tert-OH is 1. The van der Waals surface area contributed by atoms with Gasteiger partial charge in [-0.1, -0.05) is 44.5 Å². The molecule has 2 amide bonds. The Morgan fingerprint density at radius 2 is 2.00 bits per heavy atom. The Morgan fingerprint density at radius 1 is 1.34 bits per heavy atom. The summed E-state index contributed by atoms with van der Waals surface area (Å²) >= 11 is 1.52. The Hall–Kier alpha value is -2.32. The monoisotopic (exact) mass is 500 g/mol. The Morgan fingerprint density at radius 3 is 2.54 bits per heavy atom. The van der Waals surface area contributed by atoms with E-state index in [1.165, 1.54) is 11.8 Å². The van der Waals surface area contributed by atoms with Gasteiger partial charge in [0.1, 0.15) is 6.04 Å². The summed E-state index contributed by atoms with van der Waals surface area (Å²) in [5, 5.41) is 20.3. The second kappa shape index (κ2) is 9.62. The molecule has 1 aromatic carbocycles. The number of nitrogens with zero attached hydrogens (tertiary/aromatic N) is 2. The number of aliphatic carboxylic acids is 1. The molecule has 4 rings (SSSR count). The summed E-state index contributed by atoms with van der Waals surface area (Å²) < 4.78 is -0.807. The number of para-hydroxylation sites is 1. The molecule has 3 heterocycles. The van der Waals surface area contributed by atoms with E-state index in [9.17, 15) is 24.6 Å². The molecule has 2 N–H and O–H groups in total. The summed E-state index contributed by atoms with van der Waals surface area (Å²) in [5.41, 5.74) is 2.68. The van der Waals surface area contributed by atoms with Crippen LogP contribution in [0.4, 0.5) is 5.69 Å². The first-order valence-corrected chi connectivity index (χ1v) is 13.3. The third-order valence-corrected chi connectivity index (χ3v) is 10.3. The van der Waals surface area contributed by atoms with Crippen molar-refractivity contribution in [3.8, 4) is 0 Å². The molecule has 7 nitrogen and oxygen atoms in total. The van der Waals surface area contributed by atoms with Crippen LogP contribution in [0.15, 0.2) is 30.9 Å². The summed E-state index contributed by atoms with van der Waals surface area (Å²) in [6, 6.07) is 4.46. The number of fused-ring (bicyclic) bond motifs is 1. The molecule has 35 heavy (non-hydrogen) atoms. The van der Waals surface area contributed by atoms with Gasteiger partial charge in [0, 0.05) is 17.5 Å². The fraction of sp³-hybridized carbons (Fsp3) is 0.593. The predicted octanol–water partition coefficient (Wildman–Crippen LogP) is 3.41. The lowest BCUT2D eigenvalue weighted by Gasteiger charge is -2.41. The highest BCUT2D eigenvalue weighted by Crippen LogP contribution is 2.67. The maximum atomic E-state index is 14.6. The van der Waals surface area contributed by atoms with Crippen molar-refractivity contribution in [3.63, 3.8) is 0 Å². The second-order valence-electron chi connectivity index (χ2n) is 10.3. The van der Waals surface area contributed by atoms with Gasteiger partial charge in [-0.05, 0) is 43.7 Å². The van der Waals surface area contributed by atoms with Gasteiger partial charge in [0.05, 0.1) is 29.2 Å². The van der Waals surface area contributed by atoms with E-state index in [0.717, 1.165) is 23.2 Å². The first-order chi connectivity index (χ1) is 16.6. The summed E-state index contributed by atoms with van der Waals surface area (Å²) in [6.45, 7) is 11.7. The average molecular weight is 501 g/mol. The number of carboxylic acids is 1. The minimum atomic E-state index is -0.975. The average Bonchev–Trinajstić information content (AvgIpc) is 3.46. The molecule has 0 aliphatic carbocycles. The van der Waals surface area contributed by atoms with Crippen LogP contribution in [-0.2, 0) is 14.4 Å². The number of hydrogen-bond acceptors (Lipinski definition) is 5. The van der Waals surface area contributed by atoms with Crippen LogP contribution in [0.25, 0.3) is 0 Å². The number of benzene rings is 1. The van der Waals surface area contributed by atoms with Crippen LogP contribution in [0.3, 0.4) is 0 Å². The number of carbonyl (C=O) groups is 3. The lowest BCUT2D eigenvalue weighted by Crippen LogP contribution is -2.59. The molecule has 3 aliphatic heterocycles. The second-order valence-corrected chi connectivity index (χ2v) is 11.9. The van der Waals surface area contributed by atoms with E-state index in [4.69, 9.17) is 0 Å². The van der Waals surface area contributed by atoms with E-state index in [-0.39, 0.29) is 36.1 Å². The number of anilines is 1. The Balaban J connectivity index is 1.88. The van der Waals surface area contributed by atoms with E-state index in [1.54, 1.807) is 15.9 Å².